The summed E-state index contributed by atoms with van der Waals surface area (Å²) in [6, 6.07) is 10.2. The van der Waals surface area contributed by atoms with Gasteiger partial charge in [-0.25, -0.2) is 8.42 Å². The Labute approximate surface area is 145 Å². The zero-order chi connectivity index (χ0) is 17.0. The maximum Gasteiger partial charge on any atom is 0.264 e. The number of para-hydroxylation sites is 1. The van der Waals surface area contributed by atoms with E-state index in [0.717, 1.165) is 18.0 Å². The second kappa shape index (κ2) is 5.19. The summed E-state index contributed by atoms with van der Waals surface area (Å²) in [6.07, 6.45) is 0. The largest absolute Gasteiger partial charge is 0.489 e. The Balaban J connectivity index is 1.61. The Morgan fingerprint density at radius 1 is 0.880 bits per heavy atom. The summed E-state index contributed by atoms with van der Waals surface area (Å²) in [7, 11) is -3.71. The fourth-order valence-electron chi connectivity index (χ4n) is 3.49. The van der Waals surface area contributed by atoms with Crippen LogP contribution in [0.15, 0.2) is 41.3 Å². The van der Waals surface area contributed by atoms with E-state index in [1.54, 1.807) is 12.1 Å². The van der Waals surface area contributed by atoms with Crippen molar-refractivity contribution in [2.75, 3.05) is 42.2 Å². The summed E-state index contributed by atoms with van der Waals surface area (Å²) in [5.74, 6) is 1.75. The van der Waals surface area contributed by atoms with Crippen molar-refractivity contribution in [3.05, 3.63) is 36.4 Å². The van der Waals surface area contributed by atoms with Crippen LogP contribution in [0.1, 0.15) is 0 Å². The highest BCUT2D eigenvalue weighted by molar-refractivity contribution is 7.92. The Morgan fingerprint density at radius 2 is 1.76 bits per heavy atom. The molecule has 0 bridgehead atoms. The summed E-state index contributed by atoms with van der Waals surface area (Å²) in [5, 5.41) is 0. The predicted octanol–water partition coefficient (Wildman–Crippen LogP) is 1.82. The number of sulfonamides is 1. The molecular weight excluding hydrogens is 344 g/mol. The first-order chi connectivity index (χ1) is 12.1. The SMILES string of the molecule is O=S(=O)(c1ccc2c(c1)OCO2)N1CCN2CCOc3cccc1c32. The van der Waals surface area contributed by atoms with E-state index in [2.05, 4.69) is 4.90 Å². The molecule has 0 saturated heterocycles. The first-order valence-corrected chi connectivity index (χ1v) is 9.52. The van der Waals surface area contributed by atoms with Crippen molar-refractivity contribution in [1.82, 2.24) is 0 Å². The van der Waals surface area contributed by atoms with Crippen LogP contribution in [-0.4, -0.2) is 41.5 Å². The van der Waals surface area contributed by atoms with E-state index < -0.39 is 10.0 Å². The minimum atomic E-state index is -3.71. The molecule has 2 aromatic carbocycles. The number of benzene rings is 2. The van der Waals surface area contributed by atoms with Gasteiger partial charge in [0.15, 0.2) is 11.5 Å². The molecule has 0 amide bonds. The number of hydrogen-bond acceptors (Lipinski definition) is 6. The molecule has 0 atom stereocenters. The van der Waals surface area contributed by atoms with Crippen molar-refractivity contribution in [3.63, 3.8) is 0 Å². The smallest absolute Gasteiger partial charge is 0.264 e. The number of ether oxygens (including phenoxy) is 3. The standard InChI is InChI=1S/C17H16N2O5S/c20-25(21,12-4-5-14-16(10-12)24-11-23-14)19-7-6-18-8-9-22-15-3-1-2-13(19)17(15)18/h1-5,10H,6-9,11H2. The molecule has 3 heterocycles. The quantitative estimate of drug-likeness (QED) is 0.814. The van der Waals surface area contributed by atoms with E-state index in [0.29, 0.717) is 36.9 Å². The molecule has 0 aliphatic carbocycles. The Kier molecular flexibility index (Phi) is 3.05. The first kappa shape index (κ1) is 14.7. The minimum Gasteiger partial charge on any atom is -0.489 e. The number of anilines is 2. The van der Waals surface area contributed by atoms with Crippen LogP contribution in [0.5, 0.6) is 17.2 Å². The Morgan fingerprint density at radius 3 is 2.68 bits per heavy atom. The van der Waals surface area contributed by atoms with Gasteiger partial charge in [-0.05, 0) is 24.3 Å². The minimum absolute atomic E-state index is 0.112. The zero-order valence-corrected chi connectivity index (χ0v) is 14.2. The number of fused-ring (bicyclic) bond motifs is 1. The zero-order valence-electron chi connectivity index (χ0n) is 13.3. The fraction of sp³-hybridized carbons (Fsp3) is 0.294. The third-order valence-corrected chi connectivity index (χ3v) is 6.50. The lowest BCUT2D eigenvalue weighted by Gasteiger charge is -2.41. The van der Waals surface area contributed by atoms with Gasteiger partial charge in [-0.1, -0.05) is 6.07 Å². The molecule has 0 fully saturated rings. The van der Waals surface area contributed by atoms with Gasteiger partial charge in [-0.2, -0.15) is 0 Å². The van der Waals surface area contributed by atoms with E-state index in [1.165, 1.54) is 10.4 Å². The average molecular weight is 360 g/mol. The molecule has 0 spiro atoms. The molecule has 7 nitrogen and oxygen atoms in total. The van der Waals surface area contributed by atoms with E-state index in [1.807, 2.05) is 18.2 Å². The highest BCUT2D eigenvalue weighted by atomic mass is 32.2. The molecule has 5 rings (SSSR count). The lowest BCUT2D eigenvalue weighted by Crippen LogP contribution is -2.46. The highest BCUT2D eigenvalue weighted by Gasteiger charge is 2.35. The van der Waals surface area contributed by atoms with Crippen molar-refractivity contribution >= 4 is 21.4 Å². The molecular formula is C17H16N2O5S. The lowest BCUT2D eigenvalue weighted by molar-refractivity contribution is 0.174. The molecule has 3 aliphatic rings. The van der Waals surface area contributed by atoms with Gasteiger partial charge in [-0.15, -0.1) is 0 Å². The predicted molar refractivity (Wildman–Crippen MR) is 91.2 cm³/mol. The average Bonchev–Trinajstić information content (AvgIpc) is 3.10. The van der Waals surface area contributed by atoms with Gasteiger partial charge in [0.05, 0.1) is 23.7 Å². The van der Waals surface area contributed by atoms with Gasteiger partial charge in [0.25, 0.3) is 10.0 Å². The van der Waals surface area contributed by atoms with E-state index in [-0.39, 0.29) is 11.7 Å². The van der Waals surface area contributed by atoms with Crippen LogP contribution in [0.2, 0.25) is 0 Å². The molecule has 3 aliphatic heterocycles. The van der Waals surface area contributed by atoms with Crippen molar-refractivity contribution < 1.29 is 22.6 Å². The van der Waals surface area contributed by atoms with Gasteiger partial charge in [0.2, 0.25) is 6.79 Å². The molecule has 2 aromatic rings. The number of nitrogens with zero attached hydrogens (tertiary/aromatic N) is 2. The molecule has 130 valence electrons. The molecule has 0 saturated carbocycles. The maximum atomic E-state index is 13.2. The topological polar surface area (TPSA) is 68.3 Å². The van der Waals surface area contributed by atoms with Crippen LogP contribution < -0.4 is 23.4 Å². The molecule has 0 unspecified atom stereocenters. The normalized spacial score (nSPS) is 17.9. The number of rotatable bonds is 2. The summed E-state index contributed by atoms with van der Waals surface area (Å²) >= 11 is 0. The molecule has 0 aromatic heterocycles. The highest BCUT2D eigenvalue weighted by Crippen LogP contribution is 2.45. The van der Waals surface area contributed by atoms with Gasteiger partial charge >= 0.3 is 0 Å². The van der Waals surface area contributed by atoms with Crippen LogP contribution in [0.3, 0.4) is 0 Å². The second-order valence-electron chi connectivity index (χ2n) is 6.05. The van der Waals surface area contributed by atoms with Crippen LogP contribution >= 0.6 is 0 Å². The van der Waals surface area contributed by atoms with Crippen LogP contribution in [0.25, 0.3) is 0 Å². The molecule has 8 heteroatoms. The van der Waals surface area contributed by atoms with Crippen molar-refractivity contribution in [2.24, 2.45) is 0 Å². The number of hydrogen-bond donors (Lipinski definition) is 0. The molecule has 25 heavy (non-hydrogen) atoms. The van der Waals surface area contributed by atoms with Crippen LogP contribution in [0.4, 0.5) is 11.4 Å². The third-order valence-electron chi connectivity index (χ3n) is 4.69. The lowest BCUT2D eigenvalue weighted by atomic mass is 10.1. The van der Waals surface area contributed by atoms with Gasteiger partial charge in [-0.3, -0.25) is 4.31 Å². The second-order valence-corrected chi connectivity index (χ2v) is 7.91. The first-order valence-electron chi connectivity index (χ1n) is 8.08. The molecule has 0 N–H and O–H groups in total. The van der Waals surface area contributed by atoms with Crippen LogP contribution in [-0.2, 0) is 10.0 Å². The summed E-state index contributed by atoms with van der Waals surface area (Å²) in [4.78, 5) is 2.37. The molecule has 0 radical (unpaired) electrons. The van der Waals surface area contributed by atoms with Gasteiger partial charge < -0.3 is 19.1 Å². The monoisotopic (exact) mass is 360 g/mol. The van der Waals surface area contributed by atoms with E-state index in [9.17, 15) is 8.42 Å². The van der Waals surface area contributed by atoms with E-state index in [4.69, 9.17) is 14.2 Å². The summed E-state index contributed by atoms with van der Waals surface area (Å²) in [5.41, 5.74) is 1.51. The van der Waals surface area contributed by atoms with Crippen LogP contribution in [0, 0.1) is 0 Å². The van der Waals surface area contributed by atoms with E-state index >= 15 is 0 Å². The van der Waals surface area contributed by atoms with Crippen molar-refractivity contribution in [1.29, 1.82) is 0 Å². The summed E-state index contributed by atoms with van der Waals surface area (Å²) in [6.45, 7) is 2.53. The maximum absolute atomic E-state index is 13.2. The van der Waals surface area contributed by atoms with Gasteiger partial charge in [0, 0.05) is 12.6 Å². The van der Waals surface area contributed by atoms with Crippen molar-refractivity contribution in [2.45, 2.75) is 4.90 Å². The Bertz CT molecular complexity index is 960. The van der Waals surface area contributed by atoms with Gasteiger partial charge in [0.1, 0.15) is 18.0 Å². The third kappa shape index (κ3) is 2.13. The fourth-order valence-corrected chi connectivity index (χ4v) is 4.97. The summed E-state index contributed by atoms with van der Waals surface area (Å²) < 4.78 is 44.2. The Hall–Kier alpha value is -2.61. The van der Waals surface area contributed by atoms with Crippen molar-refractivity contribution in [3.8, 4) is 17.2 Å².